The van der Waals surface area contributed by atoms with E-state index in [0.717, 1.165) is 31.0 Å². The maximum Gasteiger partial charge on any atom is 0.236 e. The molecule has 2 rings (SSSR count). The molecule has 0 radical (unpaired) electrons. The van der Waals surface area contributed by atoms with E-state index in [-0.39, 0.29) is 11.7 Å². The van der Waals surface area contributed by atoms with E-state index in [0.29, 0.717) is 18.9 Å². The molecule has 1 amide bonds. The number of nitrogens with two attached hydrogens (primary N) is 1. The first-order valence-corrected chi connectivity index (χ1v) is 9.02. The summed E-state index contributed by atoms with van der Waals surface area (Å²) in [5, 5.41) is 2.95. The van der Waals surface area contributed by atoms with Crippen LogP contribution in [0.3, 0.4) is 0 Å². The van der Waals surface area contributed by atoms with Crippen molar-refractivity contribution in [1.29, 1.82) is 0 Å². The van der Waals surface area contributed by atoms with Crippen molar-refractivity contribution in [2.24, 2.45) is 11.7 Å². The second kappa shape index (κ2) is 8.39. The number of amides is 1. The number of anilines is 1. The third-order valence-corrected chi connectivity index (χ3v) is 4.66. The zero-order valence-electron chi connectivity index (χ0n) is 12.9. The summed E-state index contributed by atoms with van der Waals surface area (Å²) in [6.45, 7) is 2.47. The van der Waals surface area contributed by atoms with Crippen LogP contribution in [0.2, 0.25) is 0 Å². The second-order valence-corrected chi connectivity index (χ2v) is 6.70. The largest absolute Gasteiger partial charge is 0.371 e. The number of carbonyl (C=O) groups excluding carboxylic acids is 1. The Bertz CT molecular complexity index is 483. The summed E-state index contributed by atoms with van der Waals surface area (Å²) in [6.07, 6.45) is 3.74. The first-order valence-electron chi connectivity index (χ1n) is 7.63. The van der Waals surface area contributed by atoms with Crippen LogP contribution in [0.25, 0.3) is 0 Å². The van der Waals surface area contributed by atoms with Crippen molar-refractivity contribution in [3.8, 4) is 0 Å². The number of halogens is 1. The molecule has 0 saturated carbocycles. The lowest BCUT2D eigenvalue weighted by molar-refractivity contribution is -0.122. The van der Waals surface area contributed by atoms with E-state index in [4.69, 9.17) is 5.73 Å². The van der Waals surface area contributed by atoms with Crippen LogP contribution in [0, 0.1) is 11.7 Å². The van der Waals surface area contributed by atoms with E-state index >= 15 is 0 Å². The lowest BCUT2D eigenvalue weighted by atomic mass is 10.1. The fourth-order valence-electron chi connectivity index (χ4n) is 2.64. The van der Waals surface area contributed by atoms with E-state index in [2.05, 4.69) is 10.2 Å². The molecule has 1 aromatic rings. The minimum atomic E-state index is -0.415. The molecule has 6 heteroatoms. The molecule has 1 fully saturated rings. The number of nitrogens with one attached hydrogen (secondary N) is 1. The second-order valence-electron chi connectivity index (χ2n) is 5.71. The average molecular weight is 325 g/mol. The smallest absolute Gasteiger partial charge is 0.236 e. The molecular weight excluding hydrogens is 301 g/mol. The number of benzene rings is 1. The van der Waals surface area contributed by atoms with Gasteiger partial charge in [0.15, 0.2) is 0 Å². The summed E-state index contributed by atoms with van der Waals surface area (Å²) < 4.78 is 12.9. The summed E-state index contributed by atoms with van der Waals surface area (Å²) in [4.78, 5) is 14.1. The summed E-state index contributed by atoms with van der Waals surface area (Å²) in [5.74, 6) is 1.04. The van der Waals surface area contributed by atoms with E-state index in [1.54, 1.807) is 23.9 Å². The van der Waals surface area contributed by atoms with Gasteiger partial charge >= 0.3 is 0 Å². The zero-order chi connectivity index (χ0) is 15.9. The normalized spacial score (nSPS) is 19.2. The monoisotopic (exact) mass is 325 g/mol. The Labute approximate surface area is 135 Å². The molecule has 0 aliphatic carbocycles. The molecule has 1 aliphatic rings. The Morgan fingerprint density at radius 1 is 1.50 bits per heavy atom. The van der Waals surface area contributed by atoms with E-state index in [9.17, 15) is 9.18 Å². The predicted molar refractivity (Wildman–Crippen MR) is 90.7 cm³/mol. The van der Waals surface area contributed by atoms with Crippen molar-refractivity contribution in [1.82, 2.24) is 5.32 Å². The number of rotatable bonds is 7. The summed E-state index contributed by atoms with van der Waals surface area (Å²) in [7, 11) is 0. The highest BCUT2D eigenvalue weighted by atomic mass is 32.2. The van der Waals surface area contributed by atoms with Crippen molar-refractivity contribution < 1.29 is 9.18 Å². The Morgan fingerprint density at radius 2 is 2.23 bits per heavy atom. The van der Waals surface area contributed by atoms with Gasteiger partial charge in [-0.25, -0.2) is 4.39 Å². The van der Waals surface area contributed by atoms with Crippen LogP contribution in [0.1, 0.15) is 12.8 Å². The Morgan fingerprint density at radius 3 is 2.91 bits per heavy atom. The van der Waals surface area contributed by atoms with Gasteiger partial charge in [0, 0.05) is 25.3 Å². The van der Waals surface area contributed by atoms with Gasteiger partial charge in [-0.2, -0.15) is 11.8 Å². The molecule has 0 bridgehead atoms. The highest BCUT2D eigenvalue weighted by Crippen LogP contribution is 2.23. The lowest BCUT2D eigenvalue weighted by Gasteiger charge is -2.19. The maximum absolute atomic E-state index is 12.9. The van der Waals surface area contributed by atoms with Gasteiger partial charge in [-0.05, 0) is 55.0 Å². The van der Waals surface area contributed by atoms with Gasteiger partial charge in [0.1, 0.15) is 5.82 Å². The van der Waals surface area contributed by atoms with Gasteiger partial charge in [0.05, 0.1) is 6.04 Å². The molecule has 1 aliphatic heterocycles. The number of nitrogens with zero attached hydrogens (tertiary/aromatic N) is 1. The lowest BCUT2D eigenvalue weighted by Crippen LogP contribution is -2.43. The minimum absolute atomic E-state index is 0.0608. The fourth-order valence-corrected chi connectivity index (χ4v) is 3.13. The van der Waals surface area contributed by atoms with Crippen LogP contribution >= 0.6 is 11.8 Å². The van der Waals surface area contributed by atoms with Crippen LogP contribution < -0.4 is 16.0 Å². The molecule has 0 aromatic heterocycles. The molecule has 1 aromatic carbocycles. The fraction of sp³-hybridized carbons (Fsp3) is 0.562. The average Bonchev–Trinajstić information content (AvgIpc) is 2.99. The van der Waals surface area contributed by atoms with Gasteiger partial charge in [-0.3, -0.25) is 4.79 Å². The van der Waals surface area contributed by atoms with E-state index in [1.807, 2.05) is 6.26 Å². The molecule has 122 valence electrons. The van der Waals surface area contributed by atoms with Gasteiger partial charge in [0.2, 0.25) is 5.91 Å². The van der Waals surface area contributed by atoms with Gasteiger partial charge in [-0.15, -0.1) is 0 Å². The van der Waals surface area contributed by atoms with Crippen molar-refractivity contribution >= 4 is 23.4 Å². The summed E-state index contributed by atoms with van der Waals surface area (Å²) in [5.41, 5.74) is 6.88. The van der Waals surface area contributed by atoms with Crippen LogP contribution in [0.5, 0.6) is 0 Å². The zero-order valence-corrected chi connectivity index (χ0v) is 13.7. The third-order valence-electron chi connectivity index (χ3n) is 4.01. The standard InChI is InChI=1S/C16H24FN3OS/c1-22-9-7-15(18)16(21)19-10-12-6-8-20(11-12)14-4-2-13(17)3-5-14/h2-5,12,15H,6-11,18H2,1H3,(H,19,21)/t12?,15-/m0/s1. The van der Waals surface area contributed by atoms with Crippen molar-refractivity contribution in [2.45, 2.75) is 18.9 Å². The molecule has 0 spiro atoms. The molecule has 22 heavy (non-hydrogen) atoms. The SMILES string of the molecule is CSCC[C@H](N)C(=O)NCC1CCN(c2ccc(F)cc2)C1. The van der Waals surface area contributed by atoms with Gasteiger partial charge < -0.3 is 16.0 Å². The third kappa shape index (κ3) is 4.88. The van der Waals surface area contributed by atoms with E-state index < -0.39 is 6.04 Å². The first-order chi connectivity index (χ1) is 10.6. The highest BCUT2D eigenvalue weighted by molar-refractivity contribution is 7.98. The van der Waals surface area contributed by atoms with Crippen molar-refractivity contribution in [3.05, 3.63) is 30.1 Å². The van der Waals surface area contributed by atoms with Crippen LogP contribution in [0.15, 0.2) is 24.3 Å². The number of carbonyl (C=O) groups is 1. The molecule has 1 heterocycles. The molecule has 3 N–H and O–H groups in total. The van der Waals surface area contributed by atoms with Gasteiger partial charge in [-0.1, -0.05) is 0 Å². The minimum Gasteiger partial charge on any atom is -0.371 e. The predicted octanol–water partition coefficient (Wildman–Crippen LogP) is 1.85. The molecule has 2 atom stereocenters. The number of hydrogen-bond acceptors (Lipinski definition) is 4. The Kier molecular flexibility index (Phi) is 6.51. The van der Waals surface area contributed by atoms with Crippen LogP contribution in [0.4, 0.5) is 10.1 Å². The Balaban J connectivity index is 1.74. The van der Waals surface area contributed by atoms with Gasteiger partial charge in [0.25, 0.3) is 0 Å². The first kappa shape index (κ1) is 17.1. The molecule has 4 nitrogen and oxygen atoms in total. The summed E-state index contributed by atoms with van der Waals surface area (Å²) >= 11 is 1.70. The maximum atomic E-state index is 12.9. The number of hydrogen-bond donors (Lipinski definition) is 2. The van der Waals surface area contributed by atoms with Crippen LogP contribution in [-0.2, 0) is 4.79 Å². The highest BCUT2D eigenvalue weighted by Gasteiger charge is 2.24. The van der Waals surface area contributed by atoms with Crippen molar-refractivity contribution in [2.75, 3.05) is 36.5 Å². The molecule has 1 saturated heterocycles. The Hall–Kier alpha value is -1.27. The van der Waals surface area contributed by atoms with E-state index in [1.165, 1.54) is 12.1 Å². The molecule has 1 unspecified atom stereocenters. The van der Waals surface area contributed by atoms with Crippen molar-refractivity contribution in [3.63, 3.8) is 0 Å². The summed E-state index contributed by atoms with van der Waals surface area (Å²) in [6, 6.07) is 6.15. The molecular formula is C16H24FN3OS. The topological polar surface area (TPSA) is 58.4 Å². The van der Waals surface area contributed by atoms with Crippen LogP contribution in [-0.4, -0.2) is 43.6 Å². The quantitative estimate of drug-likeness (QED) is 0.803. The number of thioether (sulfide) groups is 1.